The lowest BCUT2D eigenvalue weighted by molar-refractivity contribution is -0.121. The summed E-state index contributed by atoms with van der Waals surface area (Å²) in [6.45, 7) is 6.00. The van der Waals surface area contributed by atoms with E-state index in [0.29, 0.717) is 32.7 Å². The average Bonchev–Trinajstić information content (AvgIpc) is 2.62. The summed E-state index contributed by atoms with van der Waals surface area (Å²) in [5.74, 6) is -2.58. The number of benzene rings is 1. The summed E-state index contributed by atoms with van der Waals surface area (Å²) in [7, 11) is 0. The summed E-state index contributed by atoms with van der Waals surface area (Å²) in [4.78, 5) is 39.2. The second-order valence-electron chi connectivity index (χ2n) is 6.85. The molecule has 0 aromatic heterocycles. The molecule has 9 heteroatoms. The number of urea groups is 1. The van der Waals surface area contributed by atoms with Gasteiger partial charge in [-0.2, -0.15) is 0 Å². The molecule has 2 rings (SSSR count). The molecule has 1 aromatic carbocycles. The van der Waals surface area contributed by atoms with E-state index in [1.54, 1.807) is 0 Å². The quantitative estimate of drug-likeness (QED) is 0.802. The number of halogens is 2. The summed E-state index contributed by atoms with van der Waals surface area (Å²) < 4.78 is 26.3. The average molecular weight is 382 g/mol. The zero-order valence-electron chi connectivity index (χ0n) is 15.4. The van der Waals surface area contributed by atoms with Crippen molar-refractivity contribution in [2.75, 3.05) is 39.3 Å². The molecule has 27 heavy (non-hydrogen) atoms. The van der Waals surface area contributed by atoms with Gasteiger partial charge < -0.3 is 10.2 Å². The number of carbonyl (C=O) groups is 3. The van der Waals surface area contributed by atoms with Crippen LogP contribution in [0.2, 0.25) is 0 Å². The molecular weight excluding hydrogens is 358 g/mol. The molecule has 0 bridgehead atoms. The molecule has 0 radical (unpaired) electrons. The fraction of sp³-hybridized carbons (Fsp3) is 0.500. The highest BCUT2D eigenvalue weighted by Crippen LogP contribution is 2.12. The molecule has 148 valence electrons. The predicted octanol–water partition coefficient (Wildman–Crippen LogP) is 1.20. The molecule has 1 fully saturated rings. The van der Waals surface area contributed by atoms with Crippen LogP contribution in [0.1, 0.15) is 24.2 Å². The normalized spacial score (nSPS) is 14.9. The number of hydrogen-bond donors (Lipinski definition) is 2. The van der Waals surface area contributed by atoms with E-state index in [9.17, 15) is 23.2 Å². The lowest BCUT2D eigenvalue weighted by Gasteiger charge is -2.34. The SMILES string of the molecule is CC(C)CNC(=O)NC(=O)CN1CCN(C(=O)c2ccc(F)c(F)c2)CC1. The van der Waals surface area contributed by atoms with Gasteiger partial charge in [0, 0.05) is 38.3 Å². The topological polar surface area (TPSA) is 81.8 Å². The van der Waals surface area contributed by atoms with E-state index >= 15 is 0 Å². The summed E-state index contributed by atoms with van der Waals surface area (Å²) in [5, 5.41) is 4.86. The van der Waals surface area contributed by atoms with Gasteiger partial charge in [-0.15, -0.1) is 0 Å². The molecule has 0 atom stereocenters. The first-order valence-electron chi connectivity index (χ1n) is 8.80. The third-order valence-electron chi connectivity index (χ3n) is 4.12. The van der Waals surface area contributed by atoms with Gasteiger partial charge in [-0.1, -0.05) is 13.8 Å². The van der Waals surface area contributed by atoms with Crippen molar-refractivity contribution in [1.29, 1.82) is 0 Å². The van der Waals surface area contributed by atoms with Gasteiger partial charge in [0.15, 0.2) is 11.6 Å². The van der Waals surface area contributed by atoms with Gasteiger partial charge in [-0.25, -0.2) is 13.6 Å². The largest absolute Gasteiger partial charge is 0.338 e. The number of amides is 4. The number of hydrogen-bond acceptors (Lipinski definition) is 4. The van der Waals surface area contributed by atoms with E-state index in [-0.39, 0.29) is 23.9 Å². The second-order valence-corrected chi connectivity index (χ2v) is 6.85. The fourth-order valence-corrected chi connectivity index (χ4v) is 2.63. The van der Waals surface area contributed by atoms with Crippen LogP contribution in [0.5, 0.6) is 0 Å². The van der Waals surface area contributed by atoms with E-state index in [0.717, 1.165) is 12.1 Å². The predicted molar refractivity (Wildman–Crippen MR) is 95.1 cm³/mol. The Morgan fingerprint density at radius 3 is 2.33 bits per heavy atom. The lowest BCUT2D eigenvalue weighted by atomic mass is 10.1. The minimum atomic E-state index is -1.06. The third kappa shape index (κ3) is 6.28. The molecule has 0 aliphatic carbocycles. The highest BCUT2D eigenvalue weighted by atomic mass is 19.2. The van der Waals surface area contributed by atoms with Gasteiger partial charge in [0.25, 0.3) is 5.91 Å². The Balaban J connectivity index is 1.77. The maximum absolute atomic E-state index is 13.3. The van der Waals surface area contributed by atoms with Crippen molar-refractivity contribution >= 4 is 17.8 Å². The highest BCUT2D eigenvalue weighted by Gasteiger charge is 2.24. The monoisotopic (exact) mass is 382 g/mol. The molecule has 1 aliphatic heterocycles. The van der Waals surface area contributed by atoms with Gasteiger partial charge in [0.2, 0.25) is 5.91 Å². The summed E-state index contributed by atoms with van der Waals surface area (Å²) in [5.41, 5.74) is 0.0851. The summed E-state index contributed by atoms with van der Waals surface area (Å²) >= 11 is 0. The molecular formula is C18H24F2N4O3. The molecule has 1 saturated heterocycles. The van der Waals surface area contributed by atoms with Crippen LogP contribution >= 0.6 is 0 Å². The van der Waals surface area contributed by atoms with E-state index in [4.69, 9.17) is 0 Å². The Hall–Kier alpha value is -2.55. The zero-order valence-corrected chi connectivity index (χ0v) is 15.4. The Labute approximate surface area is 156 Å². The van der Waals surface area contributed by atoms with Crippen molar-refractivity contribution in [2.24, 2.45) is 5.92 Å². The first kappa shape index (κ1) is 20.8. The van der Waals surface area contributed by atoms with Crippen LogP contribution in [0.15, 0.2) is 18.2 Å². The molecule has 2 N–H and O–H groups in total. The molecule has 4 amide bonds. The number of nitrogens with one attached hydrogen (secondary N) is 2. The van der Waals surface area contributed by atoms with Crippen molar-refractivity contribution in [3.8, 4) is 0 Å². The Kier molecular flexibility index (Phi) is 7.23. The number of carbonyl (C=O) groups excluding carboxylic acids is 3. The fourth-order valence-electron chi connectivity index (χ4n) is 2.63. The van der Waals surface area contributed by atoms with Crippen LogP contribution in [0.25, 0.3) is 0 Å². The molecule has 7 nitrogen and oxygen atoms in total. The van der Waals surface area contributed by atoms with E-state index < -0.39 is 23.6 Å². The first-order valence-corrected chi connectivity index (χ1v) is 8.80. The minimum Gasteiger partial charge on any atom is -0.338 e. The Morgan fingerprint density at radius 2 is 1.74 bits per heavy atom. The molecule has 1 aromatic rings. The third-order valence-corrected chi connectivity index (χ3v) is 4.12. The van der Waals surface area contributed by atoms with Gasteiger partial charge in [0.1, 0.15) is 0 Å². The Morgan fingerprint density at radius 1 is 1.07 bits per heavy atom. The first-order chi connectivity index (χ1) is 12.8. The number of piperazine rings is 1. The number of nitrogens with zero attached hydrogens (tertiary/aromatic N) is 2. The Bertz CT molecular complexity index is 704. The maximum atomic E-state index is 13.3. The number of rotatable bonds is 5. The summed E-state index contributed by atoms with van der Waals surface area (Å²) in [6, 6.07) is 2.53. The molecule has 0 spiro atoms. The smallest absolute Gasteiger partial charge is 0.321 e. The van der Waals surface area contributed by atoms with Crippen LogP contribution in [0, 0.1) is 17.6 Å². The van der Waals surface area contributed by atoms with Gasteiger partial charge in [-0.05, 0) is 24.1 Å². The van der Waals surface area contributed by atoms with Crippen molar-refractivity contribution in [3.05, 3.63) is 35.4 Å². The van der Waals surface area contributed by atoms with Crippen LogP contribution < -0.4 is 10.6 Å². The number of imide groups is 1. The van der Waals surface area contributed by atoms with E-state index in [1.165, 1.54) is 11.0 Å². The van der Waals surface area contributed by atoms with Crippen LogP contribution in [-0.4, -0.2) is 66.9 Å². The van der Waals surface area contributed by atoms with Gasteiger partial charge in [0.05, 0.1) is 6.54 Å². The van der Waals surface area contributed by atoms with Gasteiger partial charge in [-0.3, -0.25) is 19.8 Å². The molecule has 0 unspecified atom stereocenters. The van der Waals surface area contributed by atoms with Crippen LogP contribution in [0.3, 0.4) is 0 Å². The standard InChI is InChI=1S/C18H24F2N4O3/c1-12(2)10-21-18(27)22-16(25)11-23-5-7-24(8-6-23)17(26)13-3-4-14(19)15(20)9-13/h3-4,9,12H,5-8,10-11H2,1-2H3,(H2,21,22,25,27). The zero-order chi connectivity index (χ0) is 20.0. The molecule has 1 aliphatic rings. The highest BCUT2D eigenvalue weighted by molar-refractivity contribution is 5.95. The van der Waals surface area contributed by atoms with E-state index in [1.807, 2.05) is 18.7 Å². The second kappa shape index (κ2) is 9.40. The van der Waals surface area contributed by atoms with Crippen molar-refractivity contribution in [1.82, 2.24) is 20.4 Å². The van der Waals surface area contributed by atoms with Crippen LogP contribution in [-0.2, 0) is 4.79 Å². The minimum absolute atomic E-state index is 0.0440. The van der Waals surface area contributed by atoms with Crippen molar-refractivity contribution in [2.45, 2.75) is 13.8 Å². The summed E-state index contributed by atoms with van der Waals surface area (Å²) in [6.07, 6.45) is 0. The van der Waals surface area contributed by atoms with Crippen molar-refractivity contribution < 1.29 is 23.2 Å². The van der Waals surface area contributed by atoms with Crippen molar-refractivity contribution in [3.63, 3.8) is 0 Å². The maximum Gasteiger partial charge on any atom is 0.321 e. The van der Waals surface area contributed by atoms with E-state index in [2.05, 4.69) is 10.6 Å². The van der Waals surface area contributed by atoms with Gasteiger partial charge >= 0.3 is 6.03 Å². The van der Waals surface area contributed by atoms with Crippen LogP contribution in [0.4, 0.5) is 13.6 Å². The molecule has 0 saturated carbocycles. The molecule has 1 heterocycles. The lowest BCUT2D eigenvalue weighted by Crippen LogP contribution is -2.52.